The number of rotatable bonds is 6. The summed E-state index contributed by atoms with van der Waals surface area (Å²) in [5.41, 5.74) is 1.19. The van der Waals surface area contributed by atoms with Gasteiger partial charge in [0.15, 0.2) is 9.84 Å². The Labute approximate surface area is 112 Å². The molecule has 0 saturated heterocycles. The Hall–Kier alpha value is -1.37. The van der Waals surface area contributed by atoms with Gasteiger partial charge in [0, 0.05) is 18.0 Å². The third kappa shape index (κ3) is 4.05. The van der Waals surface area contributed by atoms with Crippen molar-refractivity contribution >= 4 is 15.7 Å². The van der Waals surface area contributed by atoms with Crippen molar-refractivity contribution in [3.63, 3.8) is 0 Å². The molecule has 0 bridgehead atoms. The molecule has 7 heteroatoms. The predicted molar refractivity (Wildman–Crippen MR) is 69.2 cm³/mol. The van der Waals surface area contributed by atoms with Crippen LogP contribution >= 0.6 is 0 Å². The van der Waals surface area contributed by atoms with Gasteiger partial charge in [0.05, 0.1) is 17.2 Å². The summed E-state index contributed by atoms with van der Waals surface area (Å²) in [5, 5.41) is 6.50. The first-order valence-corrected chi connectivity index (χ1v) is 8.11. The molecule has 0 unspecified atom stereocenters. The number of sulfone groups is 1. The quantitative estimate of drug-likeness (QED) is 0.838. The van der Waals surface area contributed by atoms with E-state index in [4.69, 9.17) is 4.52 Å². The van der Waals surface area contributed by atoms with E-state index in [1.54, 1.807) is 13.8 Å². The predicted octanol–water partition coefficient (Wildman–Crippen LogP) is 0.875. The molecule has 1 amide bonds. The number of nitrogens with one attached hydrogen (secondary N) is 1. The highest BCUT2D eigenvalue weighted by Gasteiger charge is 2.24. The third-order valence-electron chi connectivity index (χ3n) is 3.13. The van der Waals surface area contributed by atoms with Crippen LogP contribution in [0.1, 0.15) is 36.3 Å². The van der Waals surface area contributed by atoms with Gasteiger partial charge in [-0.3, -0.25) is 4.79 Å². The van der Waals surface area contributed by atoms with E-state index in [-0.39, 0.29) is 29.9 Å². The molecule has 1 aliphatic rings. The van der Waals surface area contributed by atoms with Crippen molar-refractivity contribution < 1.29 is 17.7 Å². The standard InChI is InChI=1S/C12H18N2O4S/c1-8-11(9(2)18-14-8)7-19(16,17)6-5-12(15)13-10-3-4-10/h10H,3-7H2,1-2H3,(H,13,15). The summed E-state index contributed by atoms with van der Waals surface area (Å²) in [6.45, 7) is 3.39. The molecule has 0 radical (unpaired) electrons. The molecule has 1 saturated carbocycles. The molecular weight excluding hydrogens is 268 g/mol. The van der Waals surface area contributed by atoms with E-state index in [2.05, 4.69) is 10.5 Å². The highest BCUT2D eigenvalue weighted by molar-refractivity contribution is 7.90. The van der Waals surface area contributed by atoms with Crippen molar-refractivity contribution in [2.24, 2.45) is 0 Å². The Morgan fingerprint density at radius 1 is 1.42 bits per heavy atom. The van der Waals surface area contributed by atoms with E-state index in [9.17, 15) is 13.2 Å². The van der Waals surface area contributed by atoms with Gasteiger partial charge in [-0.05, 0) is 26.7 Å². The molecule has 19 heavy (non-hydrogen) atoms. The zero-order valence-corrected chi connectivity index (χ0v) is 11.9. The molecule has 1 aromatic heterocycles. The summed E-state index contributed by atoms with van der Waals surface area (Å²) in [5.74, 6) is 0.0638. The lowest BCUT2D eigenvalue weighted by molar-refractivity contribution is -0.120. The van der Waals surface area contributed by atoms with Gasteiger partial charge in [-0.2, -0.15) is 0 Å². The van der Waals surface area contributed by atoms with Crippen LogP contribution in [-0.2, 0) is 20.4 Å². The second-order valence-corrected chi connectivity index (χ2v) is 7.17. The van der Waals surface area contributed by atoms with Gasteiger partial charge < -0.3 is 9.84 Å². The maximum atomic E-state index is 12.0. The minimum Gasteiger partial charge on any atom is -0.361 e. The zero-order valence-electron chi connectivity index (χ0n) is 11.1. The first kappa shape index (κ1) is 14.0. The fourth-order valence-electron chi connectivity index (χ4n) is 1.78. The zero-order chi connectivity index (χ0) is 14.0. The lowest BCUT2D eigenvalue weighted by atomic mass is 10.2. The average molecular weight is 286 g/mol. The fourth-order valence-corrected chi connectivity index (χ4v) is 3.27. The molecule has 2 rings (SSSR count). The second kappa shape index (κ2) is 5.32. The Kier molecular flexibility index (Phi) is 3.93. The molecule has 6 nitrogen and oxygen atoms in total. The molecule has 1 aromatic rings. The number of aryl methyl sites for hydroxylation is 2. The first-order chi connectivity index (χ1) is 8.87. The summed E-state index contributed by atoms with van der Waals surface area (Å²) in [7, 11) is -3.32. The molecular formula is C12H18N2O4S. The van der Waals surface area contributed by atoms with Crippen LogP contribution < -0.4 is 5.32 Å². The van der Waals surface area contributed by atoms with Crippen LogP contribution in [0.3, 0.4) is 0 Å². The van der Waals surface area contributed by atoms with E-state index in [0.29, 0.717) is 17.0 Å². The lowest BCUT2D eigenvalue weighted by Crippen LogP contribution is -2.27. The number of hydrogen-bond donors (Lipinski definition) is 1. The molecule has 1 heterocycles. The smallest absolute Gasteiger partial charge is 0.221 e. The number of carbonyl (C=O) groups is 1. The van der Waals surface area contributed by atoms with Crippen molar-refractivity contribution in [1.29, 1.82) is 0 Å². The monoisotopic (exact) mass is 286 g/mol. The molecule has 0 aromatic carbocycles. The lowest BCUT2D eigenvalue weighted by Gasteiger charge is -2.05. The number of aromatic nitrogens is 1. The molecule has 1 aliphatic carbocycles. The van der Waals surface area contributed by atoms with Crippen LogP contribution in [0.25, 0.3) is 0 Å². The summed E-state index contributed by atoms with van der Waals surface area (Å²) in [4.78, 5) is 11.5. The van der Waals surface area contributed by atoms with Crippen LogP contribution in [0.5, 0.6) is 0 Å². The number of carbonyl (C=O) groups excluding carboxylic acids is 1. The second-order valence-electron chi connectivity index (χ2n) is 4.99. The summed E-state index contributed by atoms with van der Waals surface area (Å²) in [6, 6.07) is 0.262. The van der Waals surface area contributed by atoms with E-state index in [0.717, 1.165) is 12.8 Å². The van der Waals surface area contributed by atoms with E-state index >= 15 is 0 Å². The number of amides is 1. The average Bonchev–Trinajstić information content (AvgIpc) is 3.09. The largest absolute Gasteiger partial charge is 0.361 e. The molecule has 0 spiro atoms. The van der Waals surface area contributed by atoms with Crippen molar-refractivity contribution in [2.45, 2.75) is 44.9 Å². The van der Waals surface area contributed by atoms with Gasteiger partial charge in [-0.15, -0.1) is 0 Å². The Morgan fingerprint density at radius 3 is 2.63 bits per heavy atom. The van der Waals surface area contributed by atoms with Crippen LogP contribution in [0.2, 0.25) is 0 Å². The van der Waals surface area contributed by atoms with Crippen LogP contribution in [0.15, 0.2) is 4.52 Å². The van der Waals surface area contributed by atoms with Crippen molar-refractivity contribution in [3.8, 4) is 0 Å². The highest BCUT2D eigenvalue weighted by atomic mass is 32.2. The fraction of sp³-hybridized carbons (Fsp3) is 0.667. The van der Waals surface area contributed by atoms with E-state index < -0.39 is 9.84 Å². The van der Waals surface area contributed by atoms with Gasteiger partial charge in [0.2, 0.25) is 5.91 Å². The minimum atomic E-state index is -3.32. The molecule has 106 valence electrons. The van der Waals surface area contributed by atoms with Gasteiger partial charge in [-0.1, -0.05) is 5.16 Å². The van der Waals surface area contributed by atoms with Gasteiger partial charge in [0.25, 0.3) is 0 Å². The minimum absolute atomic E-state index is 0.0161. The maximum Gasteiger partial charge on any atom is 0.221 e. The van der Waals surface area contributed by atoms with Gasteiger partial charge in [-0.25, -0.2) is 8.42 Å². The third-order valence-corrected chi connectivity index (χ3v) is 4.68. The van der Waals surface area contributed by atoms with Gasteiger partial charge in [0.1, 0.15) is 5.76 Å². The number of nitrogens with zero attached hydrogens (tertiary/aromatic N) is 1. The summed E-state index contributed by atoms with van der Waals surface area (Å²) in [6.07, 6.45) is 2.01. The Balaban J connectivity index is 1.89. The molecule has 0 atom stereocenters. The van der Waals surface area contributed by atoms with Crippen LogP contribution in [0, 0.1) is 13.8 Å². The van der Waals surface area contributed by atoms with Gasteiger partial charge >= 0.3 is 0 Å². The Morgan fingerprint density at radius 2 is 2.11 bits per heavy atom. The van der Waals surface area contributed by atoms with Crippen molar-refractivity contribution in [3.05, 3.63) is 17.0 Å². The summed E-state index contributed by atoms with van der Waals surface area (Å²) < 4.78 is 28.9. The molecule has 1 fully saturated rings. The Bertz CT molecular complexity index is 553. The topological polar surface area (TPSA) is 89.3 Å². The number of hydrogen-bond acceptors (Lipinski definition) is 5. The SMILES string of the molecule is Cc1noc(C)c1CS(=O)(=O)CCC(=O)NC1CC1. The van der Waals surface area contributed by atoms with Crippen LogP contribution in [0.4, 0.5) is 0 Å². The van der Waals surface area contributed by atoms with E-state index in [1.807, 2.05) is 0 Å². The molecule has 0 aliphatic heterocycles. The normalized spacial score (nSPS) is 15.5. The first-order valence-electron chi connectivity index (χ1n) is 6.29. The van der Waals surface area contributed by atoms with Crippen molar-refractivity contribution in [2.75, 3.05) is 5.75 Å². The summed E-state index contributed by atoms with van der Waals surface area (Å²) >= 11 is 0. The van der Waals surface area contributed by atoms with Crippen LogP contribution in [-0.4, -0.2) is 31.3 Å². The maximum absolute atomic E-state index is 12.0. The highest BCUT2D eigenvalue weighted by Crippen LogP contribution is 2.19. The van der Waals surface area contributed by atoms with E-state index in [1.165, 1.54) is 0 Å². The van der Waals surface area contributed by atoms with Crippen molar-refractivity contribution in [1.82, 2.24) is 10.5 Å². The molecule has 1 N–H and O–H groups in total.